The molecule has 1 rings (SSSR count). The molecular weight excluding hydrogens is 218 g/mol. The van der Waals surface area contributed by atoms with E-state index in [2.05, 4.69) is 6.07 Å². The Bertz CT molecular complexity index is 422. The lowest BCUT2D eigenvalue weighted by molar-refractivity contribution is -0.384. The molecule has 0 radical (unpaired) electrons. The van der Waals surface area contributed by atoms with Gasteiger partial charge in [0.05, 0.1) is 17.4 Å². The second-order valence-corrected chi connectivity index (χ2v) is 4.05. The summed E-state index contributed by atoms with van der Waals surface area (Å²) in [6.45, 7) is 2.66. The van der Waals surface area contributed by atoms with E-state index in [-0.39, 0.29) is 11.7 Å². The Kier molecular flexibility index (Phi) is 4.61. The van der Waals surface area contributed by atoms with E-state index in [0.717, 1.165) is 5.56 Å². The summed E-state index contributed by atoms with van der Waals surface area (Å²) in [4.78, 5) is 12.1. The average molecular weight is 233 g/mol. The van der Waals surface area contributed by atoms with Crippen molar-refractivity contribution in [2.24, 2.45) is 0 Å². The van der Waals surface area contributed by atoms with Crippen LogP contribution < -0.4 is 0 Å². The molecule has 5 nitrogen and oxygen atoms in total. The summed E-state index contributed by atoms with van der Waals surface area (Å²) >= 11 is 0. The van der Waals surface area contributed by atoms with Crippen LogP contribution in [-0.2, 0) is 6.54 Å². The summed E-state index contributed by atoms with van der Waals surface area (Å²) in [6, 6.07) is 8.79. The minimum absolute atomic E-state index is 0.0986. The third-order valence-electron chi connectivity index (χ3n) is 2.72. The van der Waals surface area contributed by atoms with Gasteiger partial charge in [-0.2, -0.15) is 5.26 Å². The fourth-order valence-electron chi connectivity index (χ4n) is 1.45. The molecule has 1 atom stereocenters. The van der Waals surface area contributed by atoms with Crippen LogP contribution in [0.1, 0.15) is 18.9 Å². The maximum Gasteiger partial charge on any atom is 0.269 e. The van der Waals surface area contributed by atoms with E-state index in [1.165, 1.54) is 12.1 Å². The first-order chi connectivity index (χ1) is 8.04. The third-order valence-corrected chi connectivity index (χ3v) is 2.72. The molecule has 0 aliphatic carbocycles. The van der Waals surface area contributed by atoms with Crippen LogP contribution in [0, 0.1) is 21.4 Å². The molecule has 0 N–H and O–H groups in total. The highest BCUT2D eigenvalue weighted by Crippen LogP contribution is 2.14. The van der Waals surface area contributed by atoms with Crippen molar-refractivity contribution in [3.05, 3.63) is 39.9 Å². The lowest BCUT2D eigenvalue weighted by Gasteiger charge is -2.22. The quantitative estimate of drug-likeness (QED) is 0.578. The Hall–Kier alpha value is -1.93. The molecule has 0 aromatic heterocycles. The van der Waals surface area contributed by atoms with Gasteiger partial charge in [0.25, 0.3) is 5.69 Å². The van der Waals surface area contributed by atoms with Gasteiger partial charge < -0.3 is 0 Å². The molecule has 0 spiro atoms. The first kappa shape index (κ1) is 13.1. The molecule has 1 unspecified atom stereocenters. The molecule has 5 heteroatoms. The number of nitro groups is 1. The fraction of sp³-hybridized carbons (Fsp3) is 0.417. The monoisotopic (exact) mass is 233 g/mol. The van der Waals surface area contributed by atoms with E-state index in [4.69, 9.17) is 5.26 Å². The highest BCUT2D eigenvalue weighted by atomic mass is 16.6. The Morgan fingerprint density at radius 3 is 2.53 bits per heavy atom. The van der Waals surface area contributed by atoms with Gasteiger partial charge in [0.1, 0.15) is 0 Å². The minimum Gasteiger partial charge on any atom is -0.298 e. The van der Waals surface area contributed by atoms with E-state index < -0.39 is 4.92 Å². The summed E-state index contributed by atoms with van der Waals surface area (Å²) < 4.78 is 0. The molecule has 0 amide bonds. The van der Waals surface area contributed by atoms with Crippen LogP contribution in [0.15, 0.2) is 24.3 Å². The molecule has 0 aliphatic rings. The number of hydrogen-bond acceptors (Lipinski definition) is 4. The van der Waals surface area contributed by atoms with Crippen LogP contribution in [0.5, 0.6) is 0 Å². The van der Waals surface area contributed by atoms with Crippen molar-refractivity contribution < 1.29 is 4.92 Å². The standard InChI is InChI=1S/C12H15N3O2/c1-10(7-8-13)14(2)9-11-3-5-12(6-4-11)15(16)17/h3-6,10H,7,9H2,1-2H3. The number of nitrogens with zero attached hydrogens (tertiary/aromatic N) is 3. The first-order valence-corrected chi connectivity index (χ1v) is 5.35. The highest BCUT2D eigenvalue weighted by molar-refractivity contribution is 5.32. The lowest BCUT2D eigenvalue weighted by Crippen LogP contribution is -2.28. The van der Waals surface area contributed by atoms with Gasteiger partial charge in [0.2, 0.25) is 0 Å². The summed E-state index contributed by atoms with van der Waals surface area (Å²) in [6.07, 6.45) is 0.476. The fourth-order valence-corrected chi connectivity index (χ4v) is 1.45. The molecule has 90 valence electrons. The van der Waals surface area contributed by atoms with Crippen LogP contribution in [0.3, 0.4) is 0 Å². The molecule has 1 aromatic carbocycles. The first-order valence-electron chi connectivity index (χ1n) is 5.35. The topological polar surface area (TPSA) is 70.2 Å². The Labute approximate surface area is 100 Å². The predicted molar refractivity (Wildman–Crippen MR) is 64.3 cm³/mol. The number of benzene rings is 1. The third kappa shape index (κ3) is 3.85. The van der Waals surface area contributed by atoms with Crippen molar-refractivity contribution in [3.63, 3.8) is 0 Å². The maximum absolute atomic E-state index is 10.5. The van der Waals surface area contributed by atoms with Gasteiger partial charge >= 0.3 is 0 Å². The second-order valence-electron chi connectivity index (χ2n) is 4.05. The molecule has 0 aliphatic heterocycles. The summed E-state index contributed by atoms with van der Waals surface area (Å²) in [5.41, 5.74) is 1.10. The van der Waals surface area contributed by atoms with Gasteiger partial charge in [-0.1, -0.05) is 12.1 Å². The zero-order valence-electron chi connectivity index (χ0n) is 9.96. The molecule has 1 aromatic rings. The number of hydrogen-bond donors (Lipinski definition) is 0. The number of nitriles is 1. The summed E-state index contributed by atoms with van der Waals surface area (Å²) in [5.74, 6) is 0. The predicted octanol–water partition coefficient (Wildman–Crippen LogP) is 2.33. The average Bonchev–Trinajstić information content (AvgIpc) is 2.30. The van der Waals surface area contributed by atoms with Crippen molar-refractivity contribution in [3.8, 4) is 6.07 Å². The molecule has 0 fully saturated rings. The van der Waals surface area contributed by atoms with E-state index in [1.807, 2.05) is 18.9 Å². The van der Waals surface area contributed by atoms with Crippen molar-refractivity contribution in [2.75, 3.05) is 7.05 Å². The molecular formula is C12H15N3O2. The van der Waals surface area contributed by atoms with Crippen molar-refractivity contribution in [1.82, 2.24) is 4.90 Å². The second kappa shape index (κ2) is 5.97. The molecule has 0 saturated heterocycles. The van der Waals surface area contributed by atoms with Crippen molar-refractivity contribution in [1.29, 1.82) is 5.26 Å². The maximum atomic E-state index is 10.5. The zero-order valence-corrected chi connectivity index (χ0v) is 9.96. The summed E-state index contributed by atoms with van der Waals surface area (Å²) in [7, 11) is 1.93. The van der Waals surface area contributed by atoms with E-state index in [1.54, 1.807) is 12.1 Å². The van der Waals surface area contributed by atoms with Crippen LogP contribution >= 0.6 is 0 Å². The Balaban J connectivity index is 2.63. The Morgan fingerprint density at radius 2 is 2.06 bits per heavy atom. The van der Waals surface area contributed by atoms with Gasteiger partial charge in [-0.3, -0.25) is 15.0 Å². The van der Waals surface area contributed by atoms with Gasteiger partial charge in [-0.15, -0.1) is 0 Å². The van der Waals surface area contributed by atoms with Gasteiger partial charge in [0, 0.05) is 24.7 Å². The van der Waals surface area contributed by atoms with Crippen LogP contribution in [0.25, 0.3) is 0 Å². The van der Waals surface area contributed by atoms with E-state index >= 15 is 0 Å². The zero-order chi connectivity index (χ0) is 12.8. The molecule has 0 heterocycles. The summed E-state index contributed by atoms with van der Waals surface area (Å²) in [5, 5.41) is 19.1. The minimum atomic E-state index is -0.411. The SMILES string of the molecule is CC(CC#N)N(C)Cc1ccc([N+](=O)[O-])cc1. The molecule has 0 saturated carbocycles. The van der Waals surface area contributed by atoms with Crippen molar-refractivity contribution in [2.45, 2.75) is 25.9 Å². The number of non-ortho nitro benzene ring substituents is 1. The van der Waals surface area contributed by atoms with Gasteiger partial charge in [-0.25, -0.2) is 0 Å². The number of nitro benzene ring substituents is 1. The van der Waals surface area contributed by atoms with Crippen LogP contribution in [0.4, 0.5) is 5.69 Å². The lowest BCUT2D eigenvalue weighted by atomic mass is 10.1. The molecule has 0 bridgehead atoms. The van der Waals surface area contributed by atoms with E-state index in [0.29, 0.717) is 13.0 Å². The highest BCUT2D eigenvalue weighted by Gasteiger charge is 2.10. The smallest absolute Gasteiger partial charge is 0.269 e. The van der Waals surface area contributed by atoms with Crippen LogP contribution in [0.2, 0.25) is 0 Å². The van der Waals surface area contributed by atoms with Crippen LogP contribution in [-0.4, -0.2) is 22.9 Å². The van der Waals surface area contributed by atoms with E-state index in [9.17, 15) is 10.1 Å². The molecule has 17 heavy (non-hydrogen) atoms. The normalized spacial score (nSPS) is 12.1. The van der Waals surface area contributed by atoms with Gasteiger partial charge in [0.15, 0.2) is 0 Å². The van der Waals surface area contributed by atoms with Gasteiger partial charge in [-0.05, 0) is 19.5 Å². The largest absolute Gasteiger partial charge is 0.298 e. The Morgan fingerprint density at radius 1 is 1.47 bits per heavy atom. The number of rotatable bonds is 5. The van der Waals surface area contributed by atoms with Crippen molar-refractivity contribution >= 4 is 5.69 Å².